The minimum absolute atomic E-state index is 0. The maximum Gasteiger partial charge on any atom is 0.0908 e. The van der Waals surface area contributed by atoms with E-state index in [-0.39, 0.29) is 12.4 Å². The molecule has 0 aromatic heterocycles. The van der Waals surface area contributed by atoms with Crippen LogP contribution >= 0.6 is 24.0 Å². The Balaban J connectivity index is 0.00000220. The standard InChI is InChI=1S/C16H24ClNO2.ClH/c1-2-7-16(19,14-3-5-15(17)6-4-14)8-9-18-10-12-20-13-11-18;/h3-6,19H,2,7-13H2,1H3;1H. The van der Waals surface area contributed by atoms with Crippen molar-refractivity contribution in [2.75, 3.05) is 32.8 Å². The lowest BCUT2D eigenvalue weighted by Gasteiger charge is -2.33. The molecule has 1 aromatic carbocycles. The van der Waals surface area contributed by atoms with Crippen molar-refractivity contribution in [3.63, 3.8) is 0 Å². The Morgan fingerprint density at radius 1 is 1.19 bits per heavy atom. The highest BCUT2D eigenvalue weighted by atomic mass is 35.5. The maximum absolute atomic E-state index is 11.0. The van der Waals surface area contributed by atoms with Crippen molar-refractivity contribution in [3.05, 3.63) is 34.9 Å². The van der Waals surface area contributed by atoms with Crippen LogP contribution < -0.4 is 0 Å². The molecule has 3 nitrogen and oxygen atoms in total. The molecule has 21 heavy (non-hydrogen) atoms. The van der Waals surface area contributed by atoms with Gasteiger partial charge in [0.2, 0.25) is 0 Å². The van der Waals surface area contributed by atoms with E-state index in [0.29, 0.717) is 5.02 Å². The molecular weight excluding hydrogens is 309 g/mol. The average molecular weight is 334 g/mol. The number of aliphatic hydroxyl groups is 1. The topological polar surface area (TPSA) is 32.7 Å². The molecule has 0 saturated carbocycles. The van der Waals surface area contributed by atoms with E-state index < -0.39 is 5.60 Å². The molecule has 1 atom stereocenters. The normalized spacial score (nSPS) is 18.8. The zero-order chi connectivity index (χ0) is 14.4. The summed E-state index contributed by atoms with van der Waals surface area (Å²) in [6.07, 6.45) is 2.49. The number of nitrogens with zero attached hydrogens (tertiary/aromatic N) is 1. The van der Waals surface area contributed by atoms with Crippen molar-refractivity contribution in [1.29, 1.82) is 0 Å². The van der Waals surface area contributed by atoms with Gasteiger partial charge in [-0.25, -0.2) is 0 Å². The number of ether oxygens (including phenoxy) is 1. The fourth-order valence-corrected chi connectivity index (χ4v) is 2.88. The Hall–Kier alpha value is -0.320. The summed E-state index contributed by atoms with van der Waals surface area (Å²) >= 11 is 5.93. The monoisotopic (exact) mass is 333 g/mol. The first-order valence-electron chi connectivity index (χ1n) is 7.42. The Kier molecular flexibility index (Phi) is 7.99. The van der Waals surface area contributed by atoms with Gasteiger partial charge in [0.05, 0.1) is 18.8 Å². The first kappa shape index (κ1) is 18.7. The summed E-state index contributed by atoms with van der Waals surface area (Å²) in [5.74, 6) is 0. The van der Waals surface area contributed by atoms with E-state index in [2.05, 4.69) is 11.8 Å². The summed E-state index contributed by atoms with van der Waals surface area (Å²) in [7, 11) is 0. The van der Waals surface area contributed by atoms with Gasteiger partial charge in [-0.05, 0) is 30.5 Å². The van der Waals surface area contributed by atoms with Crippen LogP contribution in [0.25, 0.3) is 0 Å². The first-order valence-corrected chi connectivity index (χ1v) is 7.80. The predicted octanol–water partition coefficient (Wildman–Crippen LogP) is 3.47. The van der Waals surface area contributed by atoms with Crippen LogP contribution in [0.2, 0.25) is 5.02 Å². The predicted molar refractivity (Wildman–Crippen MR) is 89.4 cm³/mol. The average Bonchev–Trinajstić information content (AvgIpc) is 2.47. The summed E-state index contributed by atoms with van der Waals surface area (Å²) in [5, 5.41) is 11.7. The van der Waals surface area contributed by atoms with Gasteiger partial charge in [0.25, 0.3) is 0 Å². The fraction of sp³-hybridized carbons (Fsp3) is 0.625. The molecule has 0 radical (unpaired) electrons. The molecule has 5 heteroatoms. The molecule has 1 fully saturated rings. The molecule has 1 N–H and O–H groups in total. The summed E-state index contributed by atoms with van der Waals surface area (Å²) in [6.45, 7) is 6.53. The Bertz CT molecular complexity index is 407. The number of hydrogen-bond donors (Lipinski definition) is 1. The molecule has 0 spiro atoms. The number of benzene rings is 1. The molecule has 1 aromatic rings. The molecule has 1 unspecified atom stereocenters. The van der Waals surface area contributed by atoms with E-state index in [0.717, 1.165) is 57.7 Å². The number of morpholine rings is 1. The zero-order valence-corrected chi connectivity index (χ0v) is 14.1. The van der Waals surface area contributed by atoms with E-state index in [9.17, 15) is 5.11 Å². The number of hydrogen-bond acceptors (Lipinski definition) is 3. The first-order chi connectivity index (χ1) is 9.64. The van der Waals surface area contributed by atoms with Crippen molar-refractivity contribution in [3.8, 4) is 0 Å². The van der Waals surface area contributed by atoms with Gasteiger partial charge >= 0.3 is 0 Å². The van der Waals surface area contributed by atoms with Crippen molar-refractivity contribution < 1.29 is 9.84 Å². The molecule has 0 bridgehead atoms. The molecule has 120 valence electrons. The van der Waals surface area contributed by atoms with Crippen LogP contribution in [0.5, 0.6) is 0 Å². The Labute approximate surface area is 138 Å². The third-order valence-corrected chi connectivity index (χ3v) is 4.24. The van der Waals surface area contributed by atoms with Gasteiger partial charge in [-0.3, -0.25) is 4.90 Å². The van der Waals surface area contributed by atoms with Crippen molar-refractivity contribution >= 4 is 24.0 Å². The highest BCUT2D eigenvalue weighted by molar-refractivity contribution is 6.30. The van der Waals surface area contributed by atoms with Gasteiger partial charge in [0.1, 0.15) is 0 Å². The third kappa shape index (κ3) is 5.42. The molecule has 0 aliphatic carbocycles. The van der Waals surface area contributed by atoms with Gasteiger partial charge in [-0.2, -0.15) is 0 Å². The Morgan fingerprint density at radius 3 is 2.38 bits per heavy atom. The quantitative estimate of drug-likeness (QED) is 0.865. The van der Waals surface area contributed by atoms with Crippen LogP contribution in [-0.4, -0.2) is 42.9 Å². The second-order valence-electron chi connectivity index (χ2n) is 5.49. The van der Waals surface area contributed by atoms with Crippen molar-refractivity contribution in [2.24, 2.45) is 0 Å². The van der Waals surface area contributed by atoms with Gasteiger partial charge < -0.3 is 9.84 Å². The summed E-state index contributed by atoms with van der Waals surface area (Å²) in [5.41, 5.74) is 0.217. The minimum Gasteiger partial charge on any atom is -0.385 e. The fourth-order valence-electron chi connectivity index (χ4n) is 2.76. The van der Waals surface area contributed by atoms with Crippen LogP contribution in [0.1, 0.15) is 31.7 Å². The van der Waals surface area contributed by atoms with E-state index in [4.69, 9.17) is 16.3 Å². The van der Waals surface area contributed by atoms with Gasteiger partial charge in [0, 0.05) is 24.7 Å². The van der Waals surface area contributed by atoms with E-state index in [1.54, 1.807) is 0 Å². The lowest BCUT2D eigenvalue weighted by Crippen LogP contribution is -2.40. The molecule has 1 aliphatic heterocycles. The van der Waals surface area contributed by atoms with Gasteiger partial charge in [-0.15, -0.1) is 12.4 Å². The zero-order valence-electron chi connectivity index (χ0n) is 12.6. The van der Waals surface area contributed by atoms with Crippen LogP contribution in [-0.2, 0) is 10.3 Å². The van der Waals surface area contributed by atoms with E-state index in [1.165, 1.54) is 0 Å². The Morgan fingerprint density at radius 2 is 1.81 bits per heavy atom. The molecule has 0 amide bonds. The molecule has 1 aliphatic rings. The second-order valence-corrected chi connectivity index (χ2v) is 5.93. The van der Waals surface area contributed by atoms with Crippen molar-refractivity contribution in [1.82, 2.24) is 4.90 Å². The summed E-state index contributed by atoms with van der Waals surface area (Å²) < 4.78 is 5.36. The lowest BCUT2D eigenvalue weighted by atomic mass is 9.86. The minimum atomic E-state index is -0.752. The lowest BCUT2D eigenvalue weighted by molar-refractivity contribution is -0.0102. The van der Waals surface area contributed by atoms with E-state index in [1.807, 2.05) is 24.3 Å². The maximum atomic E-state index is 11.0. The smallest absolute Gasteiger partial charge is 0.0908 e. The SMILES string of the molecule is CCCC(O)(CCN1CCOCC1)c1ccc(Cl)cc1.Cl. The van der Waals surface area contributed by atoms with E-state index >= 15 is 0 Å². The van der Waals surface area contributed by atoms with Crippen LogP contribution in [0, 0.1) is 0 Å². The number of rotatable bonds is 6. The van der Waals surface area contributed by atoms with Crippen LogP contribution in [0.3, 0.4) is 0 Å². The van der Waals surface area contributed by atoms with Crippen LogP contribution in [0.4, 0.5) is 0 Å². The third-order valence-electron chi connectivity index (χ3n) is 3.99. The summed E-state index contributed by atoms with van der Waals surface area (Å²) in [6, 6.07) is 7.59. The molecule has 2 rings (SSSR count). The highest BCUT2D eigenvalue weighted by Gasteiger charge is 2.29. The molecule has 1 heterocycles. The van der Waals surface area contributed by atoms with Crippen LogP contribution in [0.15, 0.2) is 24.3 Å². The van der Waals surface area contributed by atoms with Gasteiger partial charge in [0.15, 0.2) is 0 Å². The molecule has 1 saturated heterocycles. The molecular formula is C16H25Cl2NO2. The second kappa shape index (κ2) is 8.96. The summed E-state index contributed by atoms with van der Waals surface area (Å²) in [4.78, 5) is 2.36. The largest absolute Gasteiger partial charge is 0.385 e. The van der Waals surface area contributed by atoms with Gasteiger partial charge in [-0.1, -0.05) is 37.1 Å². The van der Waals surface area contributed by atoms with Crippen molar-refractivity contribution in [2.45, 2.75) is 31.8 Å². The highest BCUT2D eigenvalue weighted by Crippen LogP contribution is 2.31. The number of halogens is 2.